The Labute approximate surface area is 113 Å². The highest BCUT2D eigenvalue weighted by molar-refractivity contribution is 6.32. The fraction of sp³-hybridized carbons (Fsp3) is 0.500. The first-order valence-electron chi connectivity index (χ1n) is 6.03. The molecule has 100 valence electrons. The molecule has 1 atom stereocenters. The van der Waals surface area contributed by atoms with E-state index in [0.29, 0.717) is 22.9 Å². The molecule has 0 saturated carbocycles. The maximum absolute atomic E-state index is 12.4. The van der Waals surface area contributed by atoms with E-state index in [0.717, 1.165) is 0 Å². The van der Waals surface area contributed by atoms with Gasteiger partial charge in [-0.15, -0.1) is 0 Å². The summed E-state index contributed by atoms with van der Waals surface area (Å²) >= 11 is 6.04. The second-order valence-electron chi connectivity index (χ2n) is 4.62. The maximum Gasteiger partial charge on any atom is 0.167 e. The molecule has 0 spiro atoms. The summed E-state index contributed by atoms with van der Waals surface area (Å²) in [5, 5.41) is 3.53. The van der Waals surface area contributed by atoms with Gasteiger partial charge in [-0.25, -0.2) is 0 Å². The second-order valence-corrected chi connectivity index (χ2v) is 5.03. The molecular weight excluding hydrogens is 250 g/mol. The van der Waals surface area contributed by atoms with Crippen LogP contribution in [0, 0.1) is 11.8 Å². The Morgan fingerprint density at radius 1 is 1.44 bits per heavy atom. The summed E-state index contributed by atoms with van der Waals surface area (Å²) < 4.78 is 5.08. The zero-order valence-corrected chi connectivity index (χ0v) is 12.0. The molecule has 0 saturated heterocycles. The van der Waals surface area contributed by atoms with Gasteiger partial charge in [0.25, 0.3) is 0 Å². The van der Waals surface area contributed by atoms with E-state index >= 15 is 0 Å². The first-order valence-corrected chi connectivity index (χ1v) is 6.41. The van der Waals surface area contributed by atoms with Gasteiger partial charge in [0.1, 0.15) is 5.75 Å². The van der Waals surface area contributed by atoms with Crippen molar-refractivity contribution in [3.8, 4) is 5.75 Å². The van der Waals surface area contributed by atoms with Gasteiger partial charge in [0.2, 0.25) is 0 Å². The first-order chi connectivity index (χ1) is 8.51. The highest BCUT2D eigenvalue weighted by Gasteiger charge is 2.23. The first kappa shape index (κ1) is 15.0. The summed E-state index contributed by atoms with van der Waals surface area (Å²) in [6, 6.07) is 5.16. The molecule has 0 radical (unpaired) electrons. The van der Waals surface area contributed by atoms with Crippen LogP contribution in [-0.4, -0.2) is 26.5 Å². The van der Waals surface area contributed by atoms with Crippen molar-refractivity contribution in [3.63, 3.8) is 0 Å². The average molecular weight is 270 g/mol. The minimum absolute atomic E-state index is 0.0422. The number of carbonyl (C=O) groups excluding carboxylic acids is 1. The predicted octanol–water partition coefficient (Wildman–Crippen LogP) is 3.02. The van der Waals surface area contributed by atoms with Gasteiger partial charge in [-0.05, 0) is 31.2 Å². The van der Waals surface area contributed by atoms with Crippen LogP contribution in [0.15, 0.2) is 18.2 Å². The Balaban J connectivity index is 2.98. The summed E-state index contributed by atoms with van der Waals surface area (Å²) in [6.07, 6.45) is 0. The fourth-order valence-electron chi connectivity index (χ4n) is 1.88. The van der Waals surface area contributed by atoms with Gasteiger partial charge in [-0.2, -0.15) is 0 Å². The van der Waals surface area contributed by atoms with Gasteiger partial charge in [-0.3, -0.25) is 4.79 Å². The molecule has 0 amide bonds. The quantitative estimate of drug-likeness (QED) is 0.807. The predicted molar refractivity (Wildman–Crippen MR) is 74.6 cm³/mol. The van der Waals surface area contributed by atoms with Crippen LogP contribution in [0.2, 0.25) is 5.02 Å². The molecule has 1 aromatic rings. The van der Waals surface area contributed by atoms with E-state index in [2.05, 4.69) is 5.32 Å². The van der Waals surface area contributed by atoms with Crippen LogP contribution in [0.3, 0.4) is 0 Å². The summed E-state index contributed by atoms with van der Waals surface area (Å²) in [4.78, 5) is 12.4. The van der Waals surface area contributed by atoms with Gasteiger partial charge in [0, 0.05) is 18.0 Å². The van der Waals surface area contributed by atoms with Crippen LogP contribution in [0.4, 0.5) is 0 Å². The Kier molecular flexibility index (Phi) is 5.63. The third kappa shape index (κ3) is 3.47. The van der Waals surface area contributed by atoms with E-state index < -0.39 is 0 Å². The van der Waals surface area contributed by atoms with E-state index in [1.807, 2.05) is 20.9 Å². The van der Waals surface area contributed by atoms with Crippen LogP contribution >= 0.6 is 11.6 Å². The molecule has 0 aromatic heterocycles. The molecule has 1 aromatic carbocycles. The molecule has 18 heavy (non-hydrogen) atoms. The smallest absolute Gasteiger partial charge is 0.167 e. The van der Waals surface area contributed by atoms with Crippen molar-refractivity contribution in [1.82, 2.24) is 5.32 Å². The van der Waals surface area contributed by atoms with Crippen molar-refractivity contribution in [2.45, 2.75) is 13.8 Å². The van der Waals surface area contributed by atoms with Crippen molar-refractivity contribution in [2.75, 3.05) is 20.7 Å². The van der Waals surface area contributed by atoms with Gasteiger partial charge in [-0.1, -0.05) is 25.4 Å². The lowest BCUT2D eigenvalue weighted by molar-refractivity contribution is 0.0886. The minimum Gasteiger partial charge on any atom is -0.495 e. The molecule has 0 heterocycles. The highest BCUT2D eigenvalue weighted by Crippen LogP contribution is 2.27. The van der Waals surface area contributed by atoms with E-state index in [-0.39, 0.29) is 17.6 Å². The third-order valence-electron chi connectivity index (χ3n) is 3.00. The highest BCUT2D eigenvalue weighted by atomic mass is 35.5. The number of hydrogen-bond donors (Lipinski definition) is 1. The molecule has 3 nitrogen and oxygen atoms in total. The normalized spacial score (nSPS) is 12.6. The van der Waals surface area contributed by atoms with Gasteiger partial charge >= 0.3 is 0 Å². The number of methoxy groups -OCH3 is 1. The van der Waals surface area contributed by atoms with Crippen molar-refractivity contribution < 1.29 is 9.53 Å². The summed E-state index contributed by atoms with van der Waals surface area (Å²) in [7, 11) is 3.41. The molecule has 0 fully saturated rings. The molecule has 0 aliphatic carbocycles. The minimum atomic E-state index is -0.0422. The summed E-state index contributed by atoms with van der Waals surface area (Å²) in [5.74, 6) is 0.942. The molecule has 0 aliphatic rings. The molecular formula is C14H20ClNO2. The maximum atomic E-state index is 12.4. The lowest BCUT2D eigenvalue weighted by atomic mass is 9.88. The van der Waals surface area contributed by atoms with Crippen LogP contribution in [0.25, 0.3) is 0 Å². The Morgan fingerprint density at radius 3 is 2.56 bits per heavy atom. The molecule has 4 heteroatoms. The zero-order valence-electron chi connectivity index (χ0n) is 11.3. The van der Waals surface area contributed by atoms with Crippen LogP contribution in [0.1, 0.15) is 24.2 Å². The van der Waals surface area contributed by atoms with Crippen molar-refractivity contribution in [1.29, 1.82) is 0 Å². The number of rotatable bonds is 6. The van der Waals surface area contributed by atoms with E-state index in [1.54, 1.807) is 25.3 Å². The standard InChI is InChI=1S/C14H20ClNO2/c1-9(2)11(8-16-3)14(17)10-5-6-13(18-4)12(15)7-10/h5-7,9,11,16H,8H2,1-4H3. The molecule has 1 N–H and O–H groups in total. The molecule has 0 aliphatic heterocycles. The second kappa shape index (κ2) is 6.76. The Morgan fingerprint density at radius 2 is 2.11 bits per heavy atom. The zero-order chi connectivity index (χ0) is 13.7. The van der Waals surface area contributed by atoms with Crippen LogP contribution in [-0.2, 0) is 0 Å². The van der Waals surface area contributed by atoms with E-state index in [1.165, 1.54) is 0 Å². The number of ether oxygens (including phenoxy) is 1. The topological polar surface area (TPSA) is 38.3 Å². The van der Waals surface area contributed by atoms with Gasteiger partial charge in [0.05, 0.1) is 12.1 Å². The van der Waals surface area contributed by atoms with Crippen molar-refractivity contribution in [2.24, 2.45) is 11.8 Å². The molecule has 1 unspecified atom stereocenters. The third-order valence-corrected chi connectivity index (χ3v) is 3.30. The van der Waals surface area contributed by atoms with Crippen LogP contribution < -0.4 is 10.1 Å². The number of ketones is 1. The van der Waals surface area contributed by atoms with Gasteiger partial charge in [0.15, 0.2) is 5.78 Å². The fourth-order valence-corrected chi connectivity index (χ4v) is 2.14. The van der Waals surface area contributed by atoms with Crippen molar-refractivity contribution >= 4 is 17.4 Å². The largest absolute Gasteiger partial charge is 0.495 e. The number of Topliss-reactive ketones (excluding diaryl/α,β-unsaturated/α-hetero) is 1. The van der Waals surface area contributed by atoms with Crippen molar-refractivity contribution in [3.05, 3.63) is 28.8 Å². The van der Waals surface area contributed by atoms with Gasteiger partial charge < -0.3 is 10.1 Å². The lowest BCUT2D eigenvalue weighted by Gasteiger charge is -2.19. The Hall–Kier alpha value is -1.06. The summed E-state index contributed by atoms with van der Waals surface area (Å²) in [5.41, 5.74) is 0.634. The average Bonchev–Trinajstić information content (AvgIpc) is 2.34. The number of benzene rings is 1. The van der Waals surface area contributed by atoms with Crippen LogP contribution in [0.5, 0.6) is 5.75 Å². The Bertz CT molecular complexity index is 418. The number of halogens is 1. The molecule has 1 rings (SSSR count). The number of nitrogens with one attached hydrogen (secondary N) is 1. The number of carbonyl (C=O) groups is 1. The van der Waals surface area contributed by atoms with E-state index in [4.69, 9.17) is 16.3 Å². The number of hydrogen-bond acceptors (Lipinski definition) is 3. The van der Waals surface area contributed by atoms with E-state index in [9.17, 15) is 4.79 Å². The molecule has 0 bridgehead atoms. The summed E-state index contributed by atoms with van der Waals surface area (Å²) in [6.45, 7) is 4.76. The monoisotopic (exact) mass is 269 g/mol. The lowest BCUT2D eigenvalue weighted by Crippen LogP contribution is -2.30. The SMILES string of the molecule is CNCC(C(=O)c1ccc(OC)c(Cl)c1)C(C)C.